The van der Waals surface area contributed by atoms with Crippen molar-refractivity contribution in [2.75, 3.05) is 35.7 Å². The highest BCUT2D eigenvalue weighted by atomic mass is 19.2. The Morgan fingerprint density at radius 1 is 0.972 bits per heavy atom. The summed E-state index contributed by atoms with van der Waals surface area (Å²) >= 11 is 0. The maximum absolute atomic E-state index is 13.6. The van der Waals surface area contributed by atoms with Crippen molar-refractivity contribution in [3.63, 3.8) is 0 Å². The molecule has 0 unspecified atom stereocenters. The summed E-state index contributed by atoms with van der Waals surface area (Å²) in [6.45, 7) is 3.37. The van der Waals surface area contributed by atoms with E-state index >= 15 is 0 Å². The van der Waals surface area contributed by atoms with Crippen LogP contribution >= 0.6 is 0 Å². The van der Waals surface area contributed by atoms with Crippen molar-refractivity contribution in [3.8, 4) is 5.75 Å². The monoisotopic (exact) mass is 492 g/mol. The molecular weight excluding hydrogens is 466 g/mol. The second-order valence-corrected chi connectivity index (χ2v) is 9.07. The van der Waals surface area contributed by atoms with E-state index in [1.54, 1.807) is 25.4 Å². The molecule has 5 rings (SSSR count). The molecule has 1 aliphatic rings. The van der Waals surface area contributed by atoms with Crippen LogP contribution in [0.5, 0.6) is 5.75 Å². The van der Waals surface area contributed by atoms with Crippen molar-refractivity contribution in [1.29, 1.82) is 0 Å². The number of piperidine rings is 1. The number of rotatable bonds is 6. The number of aliphatic hydroxyl groups is 1. The molecule has 8 nitrogen and oxygen atoms in total. The quantitative estimate of drug-likeness (QED) is 0.340. The minimum atomic E-state index is -0.934. The van der Waals surface area contributed by atoms with Crippen LogP contribution in [0.4, 0.5) is 37.6 Å². The van der Waals surface area contributed by atoms with Gasteiger partial charge in [-0.25, -0.2) is 13.8 Å². The van der Waals surface area contributed by atoms with E-state index in [2.05, 4.69) is 30.5 Å². The van der Waals surface area contributed by atoms with Gasteiger partial charge < -0.3 is 25.4 Å². The van der Waals surface area contributed by atoms with Crippen molar-refractivity contribution < 1.29 is 18.6 Å². The molecule has 0 aliphatic carbocycles. The zero-order valence-corrected chi connectivity index (χ0v) is 19.9. The van der Waals surface area contributed by atoms with Crippen LogP contribution in [0, 0.1) is 11.6 Å². The first-order chi connectivity index (χ1) is 17.3. The molecule has 2 aromatic heterocycles. The van der Waals surface area contributed by atoms with Crippen molar-refractivity contribution in [2.24, 2.45) is 0 Å². The molecule has 3 heterocycles. The van der Waals surface area contributed by atoms with Crippen LogP contribution in [0.2, 0.25) is 0 Å². The van der Waals surface area contributed by atoms with Gasteiger partial charge >= 0.3 is 0 Å². The van der Waals surface area contributed by atoms with Crippen molar-refractivity contribution >= 4 is 39.7 Å². The van der Waals surface area contributed by atoms with Crippen molar-refractivity contribution in [1.82, 2.24) is 15.0 Å². The normalized spacial score (nSPS) is 15.1. The molecule has 4 aromatic rings. The standard InChI is InChI=1S/C26H26F2N6O2/c1-26(35)6-9-34(10-7-26)22-4-3-17(13-23(22)36-2)32-25-29-8-5-24(33-25)31-18-11-16-12-19(27)20(28)14-21(16)30-15-18/h3-5,8,11-15,35H,6-7,9-10H2,1-2H3,(H2,29,31,32,33). The van der Waals surface area contributed by atoms with Gasteiger partial charge in [-0.1, -0.05) is 0 Å². The number of methoxy groups -OCH3 is 1. The van der Waals surface area contributed by atoms with Gasteiger partial charge in [-0.05, 0) is 50.1 Å². The maximum atomic E-state index is 13.6. The van der Waals surface area contributed by atoms with Gasteiger partial charge in [0.25, 0.3) is 0 Å². The van der Waals surface area contributed by atoms with Crippen LogP contribution in [-0.4, -0.2) is 45.9 Å². The van der Waals surface area contributed by atoms with E-state index in [0.717, 1.165) is 36.6 Å². The number of benzene rings is 2. The Balaban J connectivity index is 1.31. The van der Waals surface area contributed by atoms with E-state index in [-0.39, 0.29) is 0 Å². The number of pyridine rings is 1. The van der Waals surface area contributed by atoms with Gasteiger partial charge in [-0.2, -0.15) is 4.98 Å². The van der Waals surface area contributed by atoms with E-state index in [9.17, 15) is 13.9 Å². The molecule has 3 N–H and O–H groups in total. The van der Waals surface area contributed by atoms with E-state index in [1.165, 1.54) is 6.20 Å². The molecule has 0 bridgehead atoms. The van der Waals surface area contributed by atoms with Crippen molar-refractivity contribution in [2.45, 2.75) is 25.4 Å². The third kappa shape index (κ3) is 5.13. The first kappa shape index (κ1) is 23.7. The summed E-state index contributed by atoms with van der Waals surface area (Å²) in [4.78, 5) is 15.2. The Bertz CT molecular complexity index is 1400. The number of halogens is 2. The lowest BCUT2D eigenvalue weighted by Crippen LogP contribution is -2.42. The number of hydrogen-bond donors (Lipinski definition) is 3. The summed E-state index contributed by atoms with van der Waals surface area (Å²) in [6, 6.07) is 11.3. The van der Waals surface area contributed by atoms with Crippen LogP contribution in [0.25, 0.3) is 10.9 Å². The van der Waals surface area contributed by atoms with E-state index < -0.39 is 17.2 Å². The average Bonchev–Trinajstić information content (AvgIpc) is 2.85. The van der Waals surface area contributed by atoms with Gasteiger partial charge in [0.15, 0.2) is 11.6 Å². The molecule has 0 spiro atoms. The minimum Gasteiger partial charge on any atom is -0.495 e. The highest BCUT2D eigenvalue weighted by Gasteiger charge is 2.28. The first-order valence-corrected chi connectivity index (χ1v) is 11.6. The Kier molecular flexibility index (Phi) is 6.27. The number of nitrogens with one attached hydrogen (secondary N) is 2. The summed E-state index contributed by atoms with van der Waals surface area (Å²) in [5.74, 6) is -0.285. The Hall–Kier alpha value is -4.05. The van der Waals surface area contributed by atoms with Gasteiger partial charge in [0.05, 0.1) is 35.8 Å². The minimum absolute atomic E-state index is 0.358. The second kappa shape index (κ2) is 9.54. The second-order valence-electron chi connectivity index (χ2n) is 9.07. The topological polar surface area (TPSA) is 95.4 Å². The maximum Gasteiger partial charge on any atom is 0.229 e. The van der Waals surface area contributed by atoms with Gasteiger partial charge in [0.2, 0.25) is 5.95 Å². The molecule has 2 aromatic carbocycles. The van der Waals surface area contributed by atoms with E-state index in [0.29, 0.717) is 46.9 Å². The predicted molar refractivity (Wildman–Crippen MR) is 135 cm³/mol. The smallest absolute Gasteiger partial charge is 0.229 e. The van der Waals surface area contributed by atoms with Crippen LogP contribution in [0.3, 0.4) is 0 Å². The summed E-state index contributed by atoms with van der Waals surface area (Å²) in [5.41, 5.74) is 2.02. The lowest BCUT2D eigenvalue weighted by atomic mass is 9.93. The molecular formula is C26H26F2N6O2. The molecule has 0 amide bonds. The Morgan fingerprint density at radius 3 is 2.53 bits per heavy atom. The molecule has 1 saturated heterocycles. The third-order valence-corrected chi connectivity index (χ3v) is 6.27. The van der Waals surface area contributed by atoms with E-state index in [4.69, 9.17) is 4.74 Å². The first-order valence-electron chi connectivity index (χ1n) is 11.6. The van der Waals surface area contributed by atoms with Gasteiger partial charge in [0, 0.05) is 42.5 Å². The molecule has 0 atom stereocenters. The fourth-order valence-electron chi connectivity index (χ4n) is 4.20. The highest BCUT2D eigenvalue weighted by molar-refractivity contribution is 5.82. The van der Waals surface area contributed by atoms with Crippen molar-refractivity contribution in [3.05, 3.63) is 66.5 Å². The number of fused-ring (bicyclic) bond motifs is 1. The molecule has 1 aliphatic heterocycles. The summed E-state index contributed by atoms with van der Waals surface area (Å²) in [6.07, 6.45) is 4.52. The Morgan fingerprint density at radius 2 is 1.75 bits per heavy atom. The number of anilines is 5. The number of hydrogen-bond acceptors (Lipinski definition) is 8. The van der Waals surface area contributed by atoms with Crippen LogP contribution < -0.4 is 20.3 Å². The summed E-state index contributed by atoms with van der Waals surface area (Å²) < 4.78 is 32.7. The fourth-order valence-corrected chi connectivity index (χ4v) is 4.20. The molecule has 0 saturated carbocycles. The van der Waals surface area contributed by atoms with Crippen LogP contribution in [0.1, 0.15) is 19.8 Å². The fraction of sp³-hybridized carbons (Fsp3) is 0.269. The number of nitrogens with zero attached hydrogens (tertiary/aromatic N) is 4. The lowest BCUT2D eigenvalue weighted by Gasteiger charge is -2.37. The lowest BCUT2D eigenvalue weighted by molar-refractivity contribution is 0.0350. The highest BCUT2D eigenvalue weighted by Crippen LogP contribution is 2.35. The molecule has 186 valence electrons. The third-order valence-electron chi connectivity index (χ3n) is 6.27. The largest absolute Gasteiger partial charge is 0.495 e. The summed E-state index contributed by atoms with van der Waals surface area (Å²) in [7, 11) is 1.63. The molecule has 10 heteroatoms. The number of aromatic nitrogens is 3. The average molecular weight is 493 g/mol. The molecule has 0 radical (unpaired) electrons. The zero-order chi connectivity index (χ0) is 25.3. The SMILES string of the molecule is COc1cc(Nc2nccc(Nc3cnc4cc(F)c(F)cc4c3)n2)ccc1N1CCC(C)(O)CC1. The Labute approximate surface area is 207 Å². The van der Waals surface area contributed by atoms with Crippen LogP contribution in [-0.2, 0) is 0 Å². The van der Waals surface area contributed by atoms with Gasteiger partial charge in [0.1, 0.15) is 11.6 Å². The van der Waals surface area contributed by atoms with Crippen LogP contribution in [0.15, 0.2) is 54.9 Å². The number of ether oxygens (including phenoxy) is 1. The predicted octanol–water partition coefficient (Wildman–Crippen LogP) is 5.15. The molecule has 36 heavy (non-hydrogen) atoms. The van der Waals surface area contributed by atoms with Gasteiger partial charge in [-0.3, -0.25) is 4.98 Å². The van der Waals surface area contributed by atoms with Gasteiger partial charge in [-0.15, -0.1) is 0 Å². The molecule has 1 fully saturated rings. The zero-order valence-electron chi connectivity index (χ0n) is 19.9. The summed E-state index contributed by atoms with van der Waals surface area (Å²) in [5, 5.41) is 17.0. The van der Waals surface area contributed by atoms with E-state index in [1.807, 2.05) is 25.1 Å².